The molecule has 5 heteroatoms. The Balaban J connectivity index is 2.14. The van der Waals surface area contributed by atoms with Gasteiger partial charge in [-0.15, -0.1) is 11.8 Å². The van der Waals surface area contributed by atoms with Gasteiger partial charge in [-0.3, -0.25) is 4.79 Å². The highest BCUT2D eigenvalue weighted by Gasteiger charge is 2.47. The fourth-order valence-corrected chi connectivity index (χ4v) is 4.18. The first-order valence-electron chi connectivity index (χ1n) is 4.89. The zero-order valence-corrected chi connectivity index (χ0v) is 10.2. The van der Waals surface area contributed by atoms with E-state index in [0.717, 1.165) is 25.1 Å². The molecule has 2 nitrogen and oxygen atoms in total. The van der Waals surface area contributed by atoms with Gasteiger partial charge in [-0.1, -0.05) is 36.0 Å². The lowest BCUT2D eigenvalue weighted by atomic mass is 10.2. The van der Waals surface area contributed by atoms with Gasteiger partial charge >= 0.3 is 0 Å². The Morgan fingerprint density at radius 1 is 1.36 bits per heavy atom. The van der Waals surface area contributed by atoms with Crippen LogP contribution < -0.4 is 0 Å². The second-order valence-corrected chi connectivity index (χ2v) is 6.35. The van der Waals surface area contributed by atoms with Crippen LogP contribution in [0.4, 0.5) is 0 Å². The molecule has 0 unspecified atom stereocenters. The van der Waals surface area contributed by atoms with Crippen molar-refractivity contribution < 1.29 is 4.79 Å². The molecule has 2 fully saturated rings. The van der Waals surface area contributed by atoms with E-state index in [9.17, 15) is 4.79 Å². The summed E-state index contributed by atoms with van der Waals surface area (Å²) in [5.74, 6) is 0.909. The van der Waals surface area contributed by atoms with Crippen LogP contribution in [0.15, 0.2) is 0 Å². The fraction of sp³-hybridized carbons (Fsp3) is 0.889. The van der Waals surface area contributed by atoms with Crippen LogP contribution in [0.5, 0.6) is 0 Å². The van der Waals surface area contributed by atoms with Gasteiger partial charge in [0.1, 0.15) is 0 Å². The quantitative estimate of drug-likeness (QED) is 0.670. The highest BCUT2D eigenvalue weighted by atomic mass is 35.5. The maximum absolute atomic E-state index is 11.8. The molecule has 1 saturated carbocycles. The van der Waals surface area contributed by atoms with E-state index in [0.29, 0.717) is 0 Å². The monoisotopic (exact) mass is 253 g/mol. The molecule has 1 aliphatic heterocycles. The summed E-state index contributed by atoms with van der Waals surface area (Å²) in [5, 5.41) is 0. The first-order chi connectivity index (χ1) is 6.66. The number of thioether (sulfide) groups is 1. The zero-order chi connectivity index (χ0) is 10.2. The average Bonchev–Trinajstić information content (AvgIpc) is 2.76. The maximum Gasteiger partial charge on any atom is 0.257 e. The van der Waals surface area contributed by atoms with Crippen LogP contribution >= 0.6 is 35.0 Å². The maximum atomic E-state index is 11.8. The molecule has 1 spiro atoms. The molecule has 0 atom stereocenters. The lowest BCUT2D eigenvalue weighted by molar-refractivity contribution is -0.131. The number of halogens is 2. The minimum atomic E-state index is -0.897. The smallest absolute Gasteiger partial charge is 0.257 e. The molecule has 2 rings (SSSR count). The Morgan fingerprint density at radius 2 is 2.00 bits per heavy atom. The molecule has 0 aromatic rings. The van der Waals surface area contributed by atoms with Crippen molar-refractivity contribution in [1.82, 2.24) is 4.90 Å². The standard InChI is InChI=1S/C9H13Cl2NOS/c10-7(11)8(13)12-5-6-14-9(12)3-1-2-4-9/h7H,1-6H2. The van der Waals surface area contributed by atoms with E-state index in [1.54, 1.807) is 0 Å². The van der Waals surface area contributed by atoms with Crippen LogP contribution in [0.3, 0.4) is 0 Å². The molecule has 14 heavy (non-hydrogen) atoms. The fourth-order valence-electron chi connectivity index (χ4n) is 2.38. The Morgan fingerprint density at radius 3 is 2.57 bits per heavy atom. The van der Waals surface area contributed by atoms with Gasteiger partial charge in [0.25, 0.3) is 5.91 Å². The van der Waals surface area contributed by atoms with Gasteiger partial charge < -0.3 is 4.90 Å². The Kier molecular flexibility index (Phi) is 3.20. The van der Waals surface area contributed by atoms with Crippen LogP contribution in [-0.2, 0) is 4.79 Å². The zero-order valence-electron chi connectivity index (χ0n) is 7.84. The Bertz CT molecular complexity index is 235. The van der Waals surface area contributed by atoms with Crippen molar-refractivity contribution in [1.29, 1.82) is 0 Å². The van der Waals surface area contributed by atoms with Crippen molar-refractivity contribution in [3.63, 3.8) is 0 Å². The number of carbonyl (C=O) groups is 1. The summed E-state index contributed by atoms with van der Waals surface area (Å²) >= 11 is 13.2. The van der Waals surface area contributed by atoms with Crippen molar-refractivity contribution in [2.24, 2.45) is 0 Å². The second-order valence-electron chi connectivity index (χ2n) is 3.79. The summed E-state index contributed by atoms with van der Waals surface area (Å²) in [6, 6.07) is 0. The number of nitrogens with zero attached hydrogens (tertiary/aromatic N) is 1. The third-order valence-electron chi connectivity index (χ3n) is 3.02. The van der Waals surface area contributed by atoms with E-state index >= 15 is 0 Å². The molecule has 0 aromatic carbocycles. The van der Waals surface area contributed by atoms with Gasteiger partial charge in [0.05, 0.1) is 4.87 Å². The van der Waals surface area contributed by atoms with Gasteiger partial charge in [0.2, 0.25) is 0 Å². The van der Waals surface area contributed by atoms with Crippen molar-refractivity contribution >= 4 is 40.9 Å². The number of rotatable bonds is 1. The van der Waals surface area contributed by atoms with E-state index < -0.39 is 4.84 Å². The minimum Gasteiger partial charge on any atom is -0.325 e. The molecule has 0 radical (unpaired) electrons. The number of amides is 1. The summed E-state index contributed by atoms with van der Waals surface area (Å²) in [6.45, 7) is 0.805. The van der Waals surface area contributed by atoms with Crippen molar-refractivity contribution in [2.75, 3.05) is 12.3 Å². The second kappa shape index (κ2) is 4.11. The van der Waals surface area contributed by atoms with Gasteiger partial charge in [-0.2, -0.15) is 0 Å². The lowest BCUT2D eigenvalue weighted by Crippen LogP contribution is -2.46. The van der Waals surface area contributed by atoms with Crippen LogP contribution in [0.1, 0.15) is 25.7 Å². The topological polar surface area (TPSA) is 20.3 Å². The highest BCUT2D eigenvalue weighted by molar-refractivity contribution is 8.00. The number of hydrogen-bond donors (Lipinski definition) is 0. The molecule has 1 heterocycles. The molecule has 1 amide bonds. The number of alkyl halides is 2. The predicted molar refractivity (Wildman–Crippen MR) is 60.9 cm³/mol. The summed E-state index contributed by atoms with van der Waals surface area (Å²) in [4.78, 5) is 12.8. The SMILES string of the molecule is O=C(C(Cl)Cl)N1CCSC12CCCC2. The van der Waals surface area contributed by atoms with Gasteiger partial charge in [-0.05, 0) is 12.8 Å². The minimum absolute atomic E-state index is 0.0408. The first-order valence-corrected chi connectivity index (χ1v) is 6.75. The van der Waals surface area contributed by atoms with E-state index in [4.69, 9.17) is 23.2 Å². The molecule has 80 valence electrons. The van der Waals surface area contributed by atoms with Crippen LogP contribution in [0, 0.1) is 0 Å². The third-order valence-corrected chi connectivity index (χ3v) is 4.94. The van der Waals surface area contributed by atoms with Gasteiger partial charge in [0, 0.05) is 12.3 Å². The largest absolute Gasteiger partial charge is 0.325 e. The Hall–Kier alpha value is 0.400. The molecule has 1 aliphatic carbocycles. The summed E-state index contributed by atoms with van der Waals surface area (Å²) in [6.07, 6.45) is 4.63. The highest BCUT2D eigenvalue weighted by Crippen LogP contribution is 2.48. The number of carbonyl (C=O) groups excluding carboxylic acids is 1. The van der Waals surface area contributed by atoms with Crippen molar-refractivity contribution in [3.8, 4) is 0 Å². The van der Waals surface area contributed by atoms with Crippen LogP contribution in [-0.4, -0.2) is 32.8 Å². The molecule has 0 bridgehead atoms. The number of hydrogen-bond acceptors (Lipinski definition) is 2. The first kappa shape index (κ1) is 10.9. The molecule has 0 aromatic heterocycles. The molecular formula is C9H13Cl2NOS. The van der Waals surface area contributed by atoms with Crippen molar-refractivity contribution in [3.05, 3.63) is 0 Å². The average molecular weight is 254 g/mol. The van der Waals surface area contributed by atoms with E-state index in [1.165, 1.54) is 12.8 Å². The van der Waals surface area contributed by atoms with Gasteiger partial charge in [-0.25, -0.2) is 0 Å². The molecular weight excluding hydrogens is 241 g/mol. The summed E-state index contributed by atoms with van der Waals surface area (Å²) < 4.78 is 0. The van der Waals surface area contributed by atoms with Gasteiger partial charge in [0.15, 0.2) is 4.84 Å². The van der Waals surface area contributed by atoms with E-state index in [2.05, 4.69) is 0 Å². The third kappa shape index (κ3) is 1.74. The van der Waals surface area contributed by atoms with Crippen LogP contribution in [0.2, 0.25) is 0 Å². The van der Waals surface area contributed by atoms with Crippen molar-refractivity contribution in [2.45, 2.75) is 35.4 Å². The van der Waals surface area contributed by atoms with E-state index in [-0.39, 0.29) is 10.8 Å². The molecule has 2 aliphatic rings. The van der Waals surface area contributed by atoms with E-state index in [1.807, 2.05) is 16.7 Å². The molecule has 0 N–H and O–H groups in total. The normalized spacial score (nSPS) is 25.2. The Labute approximate surface area is 98.3 Å². The summed E-state index contributed by atoms with van der Waals surface area (Å²) in [5.41, 5.74) is 0. The lowest BCUT2D eigenvalue weighted by Gasteiger charge is -2.34. The summed E-state index contributed by atoms with van der Waals surface area (Å²) in [7, 11) is 0. The predicted octanol–water partition coefficient (Wildman–Crippen LogP) is 2.64. The van der Waals surface area contributed by atoms with Crippen LogP contribution in [0.25, 0.3) is 0 Å². The molecule has 1 saturated heterocycles.